The number of carbonyl (C=O) groups is 1. The van der Waals surface area contributed by atoms with E-state index in [0.717, 1.165) is 6.42 Å². The molecular weight excluding hydrogens is 286 g/mol. The van der Waals surface area contributed by atoms with E-state index in [9.17, 15) is 4.79 Å². The highest BCUT2D eigenvalue weighted by Gasteiger charge is 1.87. The maximum absolute atomic E-state index is 10.3. The molecule has 0 rings (SSSR count). The lowest BCUT2D eigenvalue weighted by atomic mass is 10.2. The molecule has 0 aliphatic carbocycles. The van der Waals surface area contributed by atoms with Crippen molar-refractivity contribution < 1.29 is 9.53 Å². The molecule has 0 bridgehead atoms. The predicted molar refractivity (Wildman–Crippen MR) is 108 cm³/mol. The first-order chi connectivity index (χ1) is 10.9. The smallest absolute Gasteiger partial charge is 0.155 e. The van der Waals surface area contributed by atoms with Gasteiger partial charge in [-0.05, 0) is 19.5 Å². The van der Waals surface area contributed by atoms with Crippen LogP contribution in [0.2, 0.25) is 0 Å². The lowest BCUT2D eigenvalue weighted by Crippen LogP contribution is -2.15. The second-order valence-corrected chi connectivity index (χ2v) is 4.98. The molecule has 0 fully saturated rings. The number of methoxy groups -OCH3 is 1. The van der Waals surface area contributed by atoms with Crippen molar-refractivity contribution in [1.29, 1.82) is 0 Å². The van der Waals surface area contributed by atoms with Crippen LogP contribution in [0, 0.1) is 0 Å². The zero-order valence-electron chi connectivity index (χ0n) is 17.9. The number of rotatable bonds is 7. The van der Waals surface area contributed by atoms with Crippen molar-refractivity contribution in [3.8, 4) is 0 Å². The molecule has 0 saturated carbocycles. The SMILES string of the molecule is C=CC(=O)CCC.CC.CCCCCC.CNC(C)C.COC. The molecule has 23 heavy (non-hydrogen) atoms. The number of unbranched alkanes of at least 4 members (excludes halogenated alkanes) is 3. The van der Waals surface area contributed by atoms with Crippen molar-refractivity contribution in [3.63, 3.8) is 0 Å². The molecular formula is C20H47NO2. The fourth-order valence-electron chi connectivity index (χ4n) is 0.848. The largest absolute Gasteiger partial charge is 0.388 e. The molecule has 0 aromatic heterocycles. The summed E-state index contributed by atoms with van der Waals surface area (Å²) < 4.78 is 4.25. The molecule has 0 aliphatic heterocycles. The highest BCUT2D eigenvalue weighted by atomic mass is 16.4. The van der Waals surface area contributed by atoms with Crippen LogP contribution >= 0.6 is 0 Å². The van der Waals surface area contributed by atoms with Gasteiger partial charge in [-0.1, -0.05) is 80.7 Å². The molecule has 0 saturated heterocycles. The number of hydrogen-bond donors (Lipinski definition) is 1. The molecule has 0 amide bonds. The topological polar surface area (TPSA) is 38.3 Å². The summed E-state index contributed by atoms with van der Waals surface area (Å²) in [6, 6.07) is 0.634. The number of nitrogens with one attached hydrogen (secondary N) is 1. The molecule has 0 aromatic rings. The zero-order valence-corrected chi connectivity index (χ0v) is 17.9. The Kier molecular flexibility index (Phi) is 63.1. The molecule has 0 radical (unpaired) electrons. The molecule has 144 valence electrons. The molecule has 3 heteroatoms. The van der Waals surface area contributed by atoms with Crippen LogP contribution in [0.5, 0.6) is 0 Å². The number of allylic oxidation sites excluding steroid dienone is 1. The van der Waals surface area contributed by atoms with Gasteiger partial charge in [-0.3, -0.25) is 4.79 Å². The van der Waals surface area contributed by atoms with E-state index in [0.29, 0.717) is 12.5 Å². The molecule has 0 heterocycles. The van der Waals surface area contributed by atoms with Crippen LogP contribution < -0.4 is 5.32 Å². The van der Waals surface area contributed by atoms with Gasteiger partial charge >= 0.3 is 0 Å². The average Bonchev–Trinajstić information content (AvgIpc) is 2.56. The Morgan fingerprint density at radius 1 is 1.04 bits per heavy atom. The quantitative estimate of drug-likeness (QED) is 0.456. The molecule has 0 aliphatic rings. The fourth-order valence-corrected chi connectivity index (χ4v) is 0.848. The van der Waals surface area contributed by atoms with Crippen molar-refractivity contribution in [3.05, 3.63) is 12.7 Å². The summed E-state index contributed by atoms with van der Waals surface area (Å²) in [5, 5.41) is 3.03. The first kappa shape index (κ1) is 33.8. The summed E-state index contributed by atoms with van der Waals surface area (Å²) in [7, 11) is 5.20. The highest BCUT2D eigenvalue weighted by molar-refractivity contribution is 5.88. The Hall–Kier alpha value is -0.670. The summed E-state index contributed by atoms with van der Waals surface area (Å²) in [5.74, 6) is 0.141. The Morgan fingerprint density at radius 3 is 1.43 bits per heavy atom. The van der Waals surface area contributed by atoms with Crippen molar-refractivity contribution in [2.24, 2.45) is 0 Å². The fraction of sp³-hybridized carbons (Fsp3) is 0.850. The predicted octanol–water partition coefficient (Wildman–Crippen LogP) is 6.03. The van der Waals surface area contributed by atoms with Gasteiger partial charge in [-0.15, -0.1) is 0 Å². The lowest BCUT2D eigenvalue weighted by Gasteiger charge is -1.95. The maximum atomic E-state index is 10.3. The molecule has 0 atom stereocenters. The van der Waals surface area contributed by atoms with Gasteiger partial charge in [0.1, 0.15) is 0 Å². The Labute approximate surface area is 148 Å². The Morgan fingerprint density at radius 2 is 1.35 bits per heavy atom. The van der Waals surface area contributed by atoms with Gasteiger partial charge in [0.25, 0.3) is 0 Å². The first-order valence-corrected chi connectivity index (χ1v) is 9.14. The lowest BCUT2D eigenvalue weighted by molar-refractivity contribution is -0.114. The number of ketones is 1. The van der Waals surface area contributed by atoms with E-state index in [-0.39, 0.29) is 5.78 Å². The van der Waals surface area contributed by atoms with Crippen LogP contribution in [0.3, 0.4) is 0 Å². The zero-order chi connectivity index (χ0) is 19.5. The van der Waals surface area contributed by atoms with Gasteiger partial charge in [0.05, 0.1) is 0 Å². The molecule has 3 nitrogen and oxygen atoms in total. The van der Waals surface area contributed by atoms with E-state index >= 15 is 0 Å². The standard InChI is InChI=1S/C6H10O.C6H14.C4H11N.C2H6O.C2H6/c1-3-5-6(7)4-2;1-3-5-6-4-2;1-4(2)5-3;1-3-2;1-2/h4H,2-3,5H2,1H3;3-6H2,1-2H3;4-5H,1-3H3;1-2H3;1-2H3. The second-order valence-electron chi connectivity index (χ2n) is 4.98. The summed E-state index contributed by atoms with van der Waals surface area (Å²) >= 11 is 0. The minimum absolute atomic E-state index is 0.141. The maximum Gasteiger partial charge on any atom is 0.155 e. The van der Waals surface area contributed by atoms with Crippen molar-refractivity contribution in [1.82, 2.24) is 5.32 Å². The number of hydrogen-bond acceptors (Lipinski definition) is 3. The van der Waals surface area contributed by atoms with Gasteiger partial charge in [0.15, 0.2) is 5.78 Å². The Bertz CT molecular complexity index is 176. The van der Waals surface area contributed by atoms with E-state index in [2.05, 4.69) is 44.3 Å². The second kappa shape index (κ2) is 42.9. The third-order valence-corrected chi connectivity index (χ3v) is 2.26. The van der Waals surface area contributed by atoms with Gasteiger partial charge in [0, 0.05) is 26.7 Å². The van der Waals surface area contributed by atoms with E-state index in [1.807, 2.05) is 27.8 Å². The monoisotopic (exact) mass is 333 g/mol. The van der Waals surface area contributed by atoms with Crippen molar-refractivity contribution in [2.75, 3.05) is 21.3 Å². The molecule has 1 N–H and O–H groups in total. The molecule has 0 unspecified atom stereocenters. The van der Waals surface area contributed by atoms with Gasteiger partial charge in [-0.2, -0.15) is 0 Å². The Balaban J connectivity index is -0.0000000623. The normalized spacial score (nSPS) is 7.96. The summed E-state index contributed by atoms with van der Waals surface area (Å²) in [4.78, 5) is 10.3. The van der Waals surface area contributed by atoms with Crippen molar-refractivity contribution in [2.45, 2.75) is 93.0 Å². The molecule has 0 spiro atoms. The summed E-state index contributed by atoms with van der Waals surface area (Å²) in [5.41, 5.74) is 0. The first-order valence-electron chi connectivity index (χ1n) is 9.14. The number of ether oxygens (including phenoxy) is 1. The minimum Gasteiger partial charge on any atom is -0.388 e. The summed E-state index contributed by atoms with van der Waals surface area (Å²) in [6.45, 7) is 18.0. The summed E-state index contributed by atoms with van der Waals surface area (Å²) in [6.07, 6.45) is 8.46. The third-order valence-electron chi connectivity index (χ3n) is 2.26. The van der Waals surface area contributed by atoms with Gasteiger partial charge < -0.3 is 10.1 Å². The van der Waals surface area contributed by atoms with Crippen LogP contribution in [0.4, 0.5) is 0 Å². The van der Waals surface area contributed by atoms with Crippen LogP contribution in [0.25, 0.3) is 0 Å². The van der Waals surface area contributed by atoms with E-state index < -0.39 is 0 Å². The van der Waals surface area contributed by atoms with E-state index in [1.165, 1.54) is 31.8 Å². The average molecular weight is 334 g/mol. The van der Waals surface area contributed by atoms with Crippen LogP contribution in [-0.4, -0.2) is 33.1 Å². The third kappa shape index (κ3) is 91.6. The van der Waals surface area contributed by atoms with Gasteiger partial charge in [0.2, 0.25) is 0 Å². The number of carbonyl (C=O) groups excluding carboxylic acids is 1. The van der Waals surface area contributed by atoms with Gasteiger partial charge in [-0.25, -0.2) is 0 Å². The highest BCUT2D eigenvalue weighted by Crippen LogP contribution is 1.95. The van der Waals surface area contributed by atoms with E-state index in [1.54, 1.807) is 14.2 Å². The van der Waals surface area contributed by atoms with E-state index in [4.69, 9.17) is 0 Å². The van der Waals surface area contributed by atoms with Crippen molar-refractivity contribution >= 4 is 5.78 Å². The molecule has 0 aromatic carbocycles. The van der Waals surface area contributed by atoms with Crippen LogP contribution in [0.15, 0.2) is 12.7 Å². The minimum atomic E-state index is 0.141. The van der Waals surface area contributed by atoms with Crippen LogP contribution in [0.1, 0.15) is 87.0 Å². The van der Waals surface area contributed by atoms with Crippen LogP contribution in [-0.2, 0) is 9.53 Å².